The smallest absolute Gasteiger partial charge is 0.312 e. The quantitative estimate of drug-likeness (QED) is 0.345. The summed E-state index contributed by atoms with van der Waals surface area (Å²) >= 11 is 0. The van der Waals surface area contributed by atoms with Gasteiger partial charge in [-0.15, -0.1) is 0 Å². The van der Waals surface area contributed by atoms with E-state index in [-0.39, 0.29) is 11.6 Å². The van der Waals surface area contributed by atoms with Crippen LogP contribution in [-0.4, -0.2) is 30.2 Å². The Bertz CT molecular complexity index is 1290. The fourth-order valence-electron chi connectivity index (χ4n) is 3.85. The Labute approximate surface area is 190 Å². The number of imidazole rings is 1. The van der Waals surface area contributed by atoms with Crippen molar-refractivity contribution in [2.45, 2.75) is 26.4 Å². The second kappa shape index (κ2) is 9.07. The number of carbonyl (C=O) groups excluding carboxylic acids is 1. The maximum absolute atomic E-state index is 13.0. The summed E-state index contributed by atoms with van der Waals surface area (Å²) in [6.45, 7) is 3.68. The Morgan fingerprint density at radius 3 is 2.39 bits per heavy atom. The number of nitro groups is 1. The van der Waals surface area contributed by atoms with Crippen LogP contribution in [0.2, 0.25) is 0 Å². The van der Waals surface area contributed by atoms with Gasteiger partial charge >= 0.3 is 5.69 Å². The first-order valence-electron chi connectivity index (χ1n) is 10.5. The van der Waals surface area contributed by atoms with Crippen LogP contribution < -0.4 is 5.32 Å². The number of rotatable bonds is 7. The van der Waals surface area contributed by atoms with Crippen molar-refractivity contribution in [2.24, 2.45) is 7.05 Å². The van der Waals surface area contributed by atoms with Crippen molar-refractivity contribution in [1.82, 2.24) is 24.6 Å². The molecule has 0 saturated carbocycles. The lowest BCUT2D eigenvalue weighted by Crippen LogP contribution is -2.31. The normalized spacial score (nSPS) is 11.8. The Kier molecular flexibility index (Phi) is 6.03. The molecule has 9 heteroatoms. The maximum Gasteiger partial charge on any atom is 0.312 e. The zero-order valence-electron chi connectivity index (χ0n) is 18.6. The van der Waals surface area contributed by atoms with E-state index in [9.17, 15) is 14.9 Å². The van der Waals surface area contributed by atoms with Gasteiger partial charge in [0.05, 0.1) is 11.5 Å². The van der Waals surface area contributed by atoms with E-state index in [0.717, 1.165) is 17.0 Å². The van der Waals surface area contributed by atoms with Gasteiger partial charge in [-0.05, 0) is 37.1 Å². The summed E-state index contributed by atoms with van der Waals surface area (Å²) in [5.41, 5.74) is 3.24. The molecule has 1 unspecified atom stereocenters. The van der Waals surface area contributed by atoms with E-state index in [1.54, 1.807) is 36.9 Å². The van der Waals surface area contributed by atoms with Gasteiger partial charge in [0.25, 0.3) is 5.91 Å². The third-order valence-electron chi connectivity index (χ3n) is 5.60. The zero-order chi connectivity index (χ0) is 23.5. The van der Waals surface area contributed by atoms with Crippen LogP contribution in [0.15, 0.2) is 67.0 Å². The van der Waals surface area contributed by atoms with E-state index in [1.165, 1.54) is 0 Å². The van der Waals surface area contributed by atoms with Crippen LogP contribution in [0.1, 0.15) is 44.7 Å². The molecule has 4 rings (SSSR count). The van der Waals surface area contributed by atoms with Gasteiger partial charge in [-0.3, -0.25) is 19.6 Å². The lowest BCUT2D eigenvalue weighted by molar-refractivity contribution is -0.386. The highest BCUT2D eigenvalue weighted by atomic mass is 16.6. The molecule has 0 fully saturated rings. The number of nitrogens with one attached hydrogen (secondary N) is 1. The summed E-state index contributed by atoms with van der Waals surface area (Å²) < 4.78 is 3.49. The van der Waals surface area contributed by atoms with Crippen molar-refractivity contribution in [1.29, 1.82) is 0 Å². The number of carbonyl (C=O) groups is 1. The molecule has 2 aromatic carbocycles. The fourth-order valence-corrected chi connectivity index (χ4v) is 3.85. The van der Waals surface area contributed by atoms with E-state index < -0.39 is 11.0 Å². The topological polar surface area (TPSA) is 108 Å². The summed E-state index contributed by atoms with van der Waals surface area (Å²) in [4.78, 5) is 28.3. The highest BCUT2D eigenvalue weighted by Gasteiger charge is 2.23. The third-order valence-corrected chi connectivity index (χ3v) is 5.60. The van der Waals surface area contributed by atoms with Gasteiger partial charge in [0.15, 0.2) is 0 Å². The van der Waals surface area contributed by atoms with Gasteiger partial charge in [0.1, 0.15) is 23.3 Å². The molecule has 0 aliphatic carbocycles. The third kappa shape index (κ3) is 4.52. The van der Waals surface area contributed by atoms with Crippen LogP contribution in [0.4, 0.5) is 5.69 Å². The Balaban J connectivity index is 1.53. The molecule has 2 aromatic heterocycles. The summed E-state index contributed by atoms with van der Waals surface area (Å²) in [5.74, 6) is 0.512. The molecule has 9 nitrogen and oxygen atoms in total. The largest absolute Gasteiger partial charge is 0.338 e. The minimum atomic E-state index is -0.410. The molecule has 0 aliphatic heterocycles. The molecule has 33 heavy (non-hydrogen) atoms. The van der Waals surface area contributed by atoms with E-state index >= 15 is 0 Å². The van der Waals surface area contributed by atoms with E-state index in [1.807, 2.05) is 60.3 Å². The summed E-state index contributed by atoms with van der Waals surface area (Å²) in [7, 11) is 1.89. The molecule has 0 spiro atoms. The molecule has 2 heterocycles. The van der Waals surface area contributed by atoms with E-state index in [4.69, 9.17) is 0 Å². The van der Waals surface area contributed by atoms with Crippen LogP contribution in [0, 0.1) is 24.0 Å². The van der Waals surface area contributed by atoms with Gasteiger partial charge in [-0.1, -0.05) is 42.5 Å². The summed E-state index contributed by atoms with van der Waals surface area (Å²) in [6.07, 6.45) is 3.55. The molecule has 4 aromatic rings. The van der Waals surface area contributed by atoms with E-state index in [2.05, 4.69) is 15.4 Å². The van der Waals surface area contributed by atoms with Crippen LogP contribution >= 0.6 is 0 Å². The highest BCUT2D eigenvalue weighted by Crippen LogP contribution is 2.23. The van der Waals surface area contributed by atoms with Crippen LogP contribution in [0.5, 0.6) is 0 Å². The maximum atomic E-state index is 13.0. The van der Waals surface area contributed by atoms with Crippen LogP contribution in [0.25, 0.3) is 0 Å². The summed E-state index contributed by atoms with van der Waals surface area (Å²) in [6, 6.07) is 16.4. The molecular formula is C24H24N6O3. The number of aromatic nitrogens is 4. The number of nitrogens with zero attached hydrogens (tertiary/aromatic N) is 5. The first-order chi connectivity index (χ1) is 15.8. The standard InChI is InChI=1S/C24H24N6O3/c1-16-22(30(32)33)17(2)29(27-16)15-18-9-11-20(12-10-18)24(31)26-21(19-7-5-4-6-8-19)23-25-13-14-28(23)3/h4-14,21H,15H2,1-3H3,(H,26,31). The lowest BCUT2D eigenvalue weighted by Gasteiger charge is -2.19. The summed E-state index contributed by atoms with van der Waals surface area (Å²) in [5, 5.41) is 18.6. The van der Waals surface area contributed by atoms with Gasteiger partial charge < -0.3 is 9.88 Å². The van der Waals surface area contributed by atoms with Crippen LogP contribution in [0.3, 0.4) is 0 Å². The van der Waals surface area contributed by atoms with Gasteiger partial charge in [-0.2, -0.15) is 5.10 Å². The number of hydrogen-bond donors (Lipinski definition) is 1. The number of aryl methyl sites for hydroxylation is 2. The second-order valence-electron chi connectivity index (χ2n) is 7.84. The average molecular weight is 444 g/mol. The number of benzene rings is 2. The van der Waals surface area contributed by atoms with Gasteiger partial charge in [0.2, 0.25) is 0 Å². The minimum absolute atomic E-state index is 0.0345. The molecule has 0 aliphatic rings. The Morgan fingerprint density at radius 2 is 1.82 bits per heavy atom. The fraction of sp³-hybridized carbons (Fsp3) is 0.208. The van der Waals surface area contributed by atoms with Crippen molar-refractivity contribution in [3.63, 3.8) is 0 Å². The molecule has 0 radical (unpaired) electrons. The molecule has 0 saturated heterocycles. The molecule has 1 atom stereocenters. The Morgan fingerprint density at radius 1 is 1.12 bits per heavy atom. The van der Waals surface area contributed by atoms with E-state index in [0.29, 0.717) is 23.5 Å². The minimum Gasteiger partial charge on any atom is -0.338 e. The highest BCUT2D eigenvalue weighted by molar-refractivity contribution is 5.94. The first-order valence-corrected chi connectivity index (χ1v) is 10.5. The van der Waals surface area contributed by atoms with Gasteiger partial charge in [-0.25, -0.2) is 4.98 Å². The first kappa shape index (κ1) is 21.9. The van der Waals surface area contributed by atoms with Crippen molar-refractivity contribution in [2.75, 3.05) is 0 Å². The van der Waals surface area contributed by atoms with Crippen LogP contribution in [-0.2, 0) is 13.6 Å². The zero-order valence-corrected chi connectivity index (χ0v) is 18.6. The van der Waals surface area contributed by atoms with Crippen molar-refractivity contribution in [3.05, 3.63) is 111 Å². The molecule has 1 N–H and O–H groups in total. The van der Waals surface area contributed by atoms with Crippen molar-refractivity contribution in [3.8, 4) is 0 Å². The lowest BCUT2D eigenvalue weighted by atomic mass is 10.0. The SMILES string of the molecule is Cc1nn(Cc2ccc(C(=O)NC(c3ccccc3)c3nccn3C)cc2)c(C)c1[N+](=O)[O-]. The predicted molar refractivity (Wildman–Crippen MR) is 123 cm³/mol. The second-order valence-corrected chi connectivity index (χ2v) is 7.84. The molecular weight excluding hydrogens is 420 g/mol. The molecule has 0 bridgehead atoms. The average Bonchev–Trinajstić information content (AvgIpc) is 3.35. The Hall–Kier alpha value is -4.27. The number of amides is 1. The van der Waals surface area contributed by atoms with Gasteiger partial charge in [0, 0.05) is 25.0 Å². The van der Waals surface area contributed by atoms with Crippen molar-refractivity contribution >= 4 is 11.6 Å². The number of hydrogen-bond acceptors (Lipinski definition) is 5. The molecule has 168 valence electrons. The predicted octanol–water partition coefficient (Wildman–Crippen LogP) is 3.71. The van der Waals surface area contributed by atoms with Crippen molar-refractivity contribution < 1.29 is 9.72 Å². The monoisotopic (exact) mass is 444 g/mol. The molecule has 1 amide bonds.